The van der Waals surface area contributed by atoms with Crippen LogP contribution in [0.5, 0.6) is 0 Å². The van der Waals surface area contributed by atoms with Gasteiger partial charge in [-0.1, -0.05) is 29.0 Å². The SMILES string of the molecule is Cc1ccc(S(=O)(=O)Nc2nncs2)c(C)c1. The van der Waals surface area contributed by atoms with Gasteiger partial charge in [-0.25, -0.2) is 8.42 Å². The van der Waals surface area contributed by atoms with E-state index in [1.54, 1.807) is 19.1 Å². The molecule has 0 aliphatic rings. The topological polar surface area (TPSA) is 72.0 Å². The van der Waals surface area contributed by atoms with Gasteiger partial charge in [-0.05, 0) is 25.5 Å². The van der Waals surface area contributed by atoms with E-state index in [0.717, 1.165) is 16.9 Å². The summed E-state index contributed by atoms with van der Waals surface area (Å²) in [7, 11) is -3.57. The summed E-state index contributed by atoms with van der Waals surface area (Å²) in [6, 6.07) is 5.18. The van der Waals surface area contributed by atoms with Gasteiger partial charge < -0.3 is 0 Å². The first-order chi connectivity index (χ1) is 7.99. The fourth-order valence-electron chi connectivity index (χ4n) is 1.49. The van der Waals surface area contributed by atoms with Gasteiger partial charge in [0.05, 0.1) is 4.90 Å². The highest BCUT2D eigenvalue weighted by Crippen LogP contribution is 2.20. The largest absolute Gasteiger partial charge is 0.263 e. The number of benzene rings is 1. The van der Waals surface area contributed by atoms with E-state index in [4.69, 9.17) is 0 Å². The summed E-state index contributed by atoms with van der Waals surface area (Å²) >= 11 is 1.14. The molecule has 1 aromatic carbocycles. The van der Waals surface area contributed by atoms with Crippen LogP contribution in [0, 0.1) is 13.8 Å². The molecule has 5 nitrogen and oxygen atoms in total. The van der Waals surface area contributed by atoms with Crippen molar-refractivity contribution < 1.29 is 8.42 Å². The Morgan fingerprint density at radius 1 is 1.29 bits per heavy atom. The predicted molar refractivity (Wildman–Crippen MR) is 66.6 cm³/mol. The molecule has 0 saturated heterocycles. The second-order valence-corrected chi connectivity index (χ2v) is 6.10. The normalized spacial score (nSPS) is 11.4. The minimum atomic E-state index is -3.57. The van der Waals surface area contributed by atoms with Gasteiger partial charge in [0, 0.05) is 0 Å². The quantitative estimate of drug-likeness (QED) is 0.924. The Morgan fingerprint density at radius 3 is 2.65 bits per heavy atom. The van der Waals surface area contributed by atoms with Crippen LogP contribution < -0.4 is 4.72 Å². The average Bonchev–Trinajstić information content (AvgIpc) is 2.68. The van der Waals surface area contributed by atoms with Gasteiger partial charge in [0.15, 0.2) is 0 Å². The van der Waals surface area contributed by atoms with Gasteiger partial charge in [-0.2, -0.15) is 0 Å². The molecule has 0 bridgehead atoms. The molecule has 90 valence electrons. The number of hydrogen-bond donors (Lipinski definition) is 1. The maximum Gasteiger partial charge on any atom is 0.263 e. The average molecular weight is 269 g/mol. The van der Waals surface area contributed by atoms with E-state index < -0.39 is 10.0 Å². The summed E-state index contributed by atoms with van der Waals surface area (Å²) in [5.74, 6) is 0. The zero-order chi connectivity index (χ0) is 12.5. The van der Waals surface area contributed by atoms with Crippen molar-refractivity contribution >= 4 is 26.5 Å². The lowest BCUT2D eigenvalue weighted by Crippen LogP contribution is -2.14. The molecule has 17 heavy (non-hydrogen) atoms. The van der Waals surface area contributed by atoms with E-state index in [1.807, 2.05) is 13.0 Å². The summed E-state index contributed by atoms with van der Waals surface area (Å²) in [5.41, 5.74) is 3.21. The van der Waals surface area contributed by atoms with Crippen LogP contribution >= 0.6 is 11.3 Å². The summed E-state index contributed by atoms with van der Waals surface area (Å²) in [5, 5.41) is 7.50. The molecule has 0 aliphatic carbocycles. The molecule has 0 aliphatic heterocycles. The van der Waals surface area contributed by atoms with Crippen molar-refractivity contribution in [3.05, 3.63) is 34.8 Å². The molecule has 1 N–H and O–H groups in total. The van der Waals surface area contributed by atoms with Crippen molar-refractivity contribution in [2.24, 2.45) is 0 Å². The van der Waals surface area contributed by atoms with Crippen molar-refractivity contribution in [2.45, 2.75) is 18.7 Å². The Labute approximate surface area is 104 Å². The van der Waals surface area contributed by atoms with Gasteiger partial charge in [-0.15, -0.1) is 10.2 Å². The van der Waals surface area contributed by atoms with Crippen molar-refractivity contribution in [3.63, 3.8) is 0 Å². The lowest BCUT2D eigenvalue weighted by Gasteiger charge is -2.08. The molecular weight excluding hydrogens is 258 g/mol. The third-order valence-corrected chi connectivity index (χ3v) is 4.44. The number of nitrogens with zero attached hydrogens (tertiary/aromatic N) is 2. The zero-order valence-corrected chi connectivity index (χ0v) is 11.0. The van der Waals surface area contributed by atoms with Crippen LogP contribution in [0.4, 0.5) is 5.13 Å². The smallest absolute Gasteiger partial charge is 0.253 e. The lowest BCUT2D eigenvalue weighted by molar-refractivity contribution is 0.600. The van der Waals surface area contributed by atoms with Crippen LogP contribution in [-0.2, 0) is 10.0 Å². The lowest BCUT2D eigenvalue weighted by atomic mass is 10.2. The van der Waals surface area contributed by atoms with Crippen LogP contribution in [0.25, 0.3) is 0 Å². The number of nitrogens with one attached hydrogen (secondary N) is 1. The highest BCUT2D eigenvalue weighted by Gasteiger charge is 2.17. The van der Waals surface area contributed by atoms with E-state index in [1.165, 1.54) is 5.51 Å². The fourth-order valence-corrected chi connectivity index (χ4v) is 3.41. The standard InChI is InChI=1S/C10H11N3O2S2/c1-7-3-4-9(8(2)5-7)17(14,15)13-10-12-11-6-16-10/h3-6H,1-2H3,(H,12,13). The van der Waals surface area contributed by atoms with E-state index in [-0.39, 0.29) is 10.0 Å². The maximum atomic E-state index is 12.1. The predicted octanol–water partition coefficient (Wildman–Crippen LogP) is 1.96. The second-order valence-electron chi connectivity index (χ2n) is 3.62. The highest BCUT2D eigenvalue weighted by atomic mass is 32.2. The molecule has 0 unspecified atom stereocenters. The summed E-state index contributed by atoms with van der Waals surface area (Å²) in [4.78, 5) is 0.262. The van der Waals surface area contributed by atoms with Gasteiger partial charge >= 0.3 is 0 Å². The number of hydrogen-bond acceptors (Lipinski definition) is 5. The van der Waals surface area contributed by atoms with Crippen molar-refractivity contribution in [1.82, 2.24) is 10.2 Å². The van der Waals surface area contributed by atoms with Crippen molar-refractivity contribution in [3.8, 4) is 0 Å². The summed E-state index contributed by atoms with van der Waals surface area (Å²) in [6.45, 7) is 3.68. The summed E-state index contributed by atoms with van der Waals surface area (Å²) in [6.07, 6.45) is 0. The van der Waals surface area contributed by atoms with Crippen LogP contribution in [0.2, 0.25) is 0 Å². The van der Waals surface area contributed by atoms with E-state index >= 15 is 0 Å². The number of aryl methyl sites for hydroxylation is 2. The molecule has 2 aromatic rings. The van der Waals surface area contributed by atoms with E-state index in [9.17, 15) is 8.42 Å². The first kappa shape index (κ1) is 12.0. The number of rotatable bonds is 3. The molecule has 7 heteroatoms. The van der Waals surface area contributed by atoms with E-state index in [0.29, 0.717) is 5.56 Å². The minimum absolute atomic E-state index is 0.262. The Morgan fingerprint density at radius 2 is 2.06 bits per heavy atom. The monoisotopic (exact) mass is 269 g/mol. The molecule has 2 rings (SSSR count). The molecule has 0 saturated carbocycles. The third-order valence-electron chi connectivity index (χ3n) is 2.20. The Balaban J connectivity index is 2.38. The third kappa shape index (κ3) is 2.62. The number of anilines is 1. The van der Waals surface area contributed by atoms with Gasteiger partial charge in [-0.3, -0.25) is 4.72 Å². The molecular formula is C10H11N3O2S2. The Bertz CT molecular complexity index is 621. The van der Waals surface area contributed by atoms with Crippen LogP contribution in [-0.4, -0.2) is 18.6 Å². The molecule has 0 spiro atoms. The van der Waals surface area contributed by atoms with Gasteiger partial charge in [0.25, 0.3) is 10.0 Å². The molecule has 0 atom stereocenters. The first-order valence-electron chi connectivity index (χ1n) is 4.85. The first-order valence-corrected chi connectivity index (χ1v) is 7.21. The fraction of sp³-hybridized carbons (Fsp3) is 0.200. The van der Waals surface area contributed by atoms with Gasteiger partial charge in [0.2, 0.25) is 5.13 Å². The summed E-state index contributed by atoms with van der Waals surface area (Å²) < 4.78 is 26.5. The van der Waals surface area contributed by atoms with Gasteiger partial charge in [0.1, 0.15) is 5.51 Å². The van der Waals surface area contributed by atoms with E-state index in [2.05, 4.69) is 14.9 Å². The minimum Gasteiger partial charge on any atom is -0.253 e. The highest BCUT2D eigenvalue weighted by molar-refractivity contribution is 7.93. The molecule has 0 radical (unpaired) electrons. The Kier molecular flexibility index (Phi) is 3.12. The molecule has 0 fully saturated rings. The van der Waals surface area contributed by atoms with Crippen LogP contribution in [0.3, 0.4) is 0 Å². The van der Waals surface area contributed by atoms with Crippen molar-refractivity contribution in [1.29, 1.82) is 0 Å². The zero-order valence-electron chi connectivity index (χ0n) is 9.34. The van der Waals surface area contributed by atoms with Crippen LogP contribution in [0.15, 0.2) is 28.6 Å². The Hall–Kier alpha value is -1.47. The van der Waals surface area contributed by atoms with Crippen molar-refractivity contribution in [2.75, 3.05) is 4.72 Å². The molecule has 0 amide bonds. The maximum absolute atomic E-state index is 12.1. The molecule has 1 aromatic heterocycles. The van der Waals surface area contributed by atoms with Crippen LogP contribution in [0.1, 0.15) is 11.1 Å². The second kappa shape index (κ2) is 4.42. The number of aromatic nitrogens is 2. The number of sulfonamides is 1. The molecule has 1 heterocycles.